The van der Waals surface area contributed by atoms with Crippen molar-refractivity contribution in [2.24, 2.45) is 0 Å². The second-order valence-corrected chi connectivity index (χ2v) is 7.45. The lowest BCUT2D eigenvalue weighted by molar-refractivity contribution is 0.297. The molecule has 0 saturated heterocycles. The second-order valence-electron chi connectivity index (χ2n) is 6.61. The van der Waals surface area contributed by atoms with E-state index in [1.807, 2.05) is 6.92 Å². The summed E-state index contributed by atoms with van der Waals surface area (Å²) in [6, 6.07) is 16.1. The van der Waals surface area contributed by atoms with Crippen molar-refractivity contribution in [1.82, 2.24) is 0 Å². The number of hydrogen-bond donors (Lipinski definition) is 0. The van der Waals surface area contributed by atoms with Crippen LogP contribution in [0.25, 0.3) is 22.3 Å². The van der Waals surface area contributed by atoms with Crippen molar-refractivity contribution in [3.8, 4) is 17.1 Å². The van der Waals surface area contributed by atoms with E-state index in [0.717, 1.165) is 11.1 Å². The van der Waals surface area contributed by atoms with Crippen LogP contribution in [0.1, 0.15) is 11.1 Å². The zero-order valence-electron chi connectivity index (χ0n) is 15.3. The molecule has 0 aliphatic carbocycles. The minimum absolute atomic E-state index is 0.0593. The van der Waals surface area contributed by atoms with Crippen LogP contribution in [0, 0.1) is 12.7 Å². The van der Waals surface area contributed by atoms with Gasteiger partial charge < -0.3 is 9.15 Å². The van der Waals surface area contributed by atoms with Crippen molar-refractivity contribution in [3.63, 3.8) is 0 Å². The van der Waals surface area contributed by atoms with Gasteiger partial charge in [-0.3, -0.25) is 4.79 Å². The molecule has 1 heterocycles. The Morgan fingerprint density at radius 1 is 1.00 bits per heavy atom. The first-order chi connectivity index (χ1) is 13.9. The molecule has 0 amide bonds. The van der Waals surface area contributed by atoms with Crippen molar-refractivity contribution in [3.05, 3.63) is 97.9 Å². The van der Waals surface area contributed by atoms with Crippen molar-refractivity contribution < 1.29 is 13.5 Å². The molecule has 4 rings (SSSR count). The lowest BCUT2D eigenvalue weighted by Gasteiger charge is -2.13. The van der Waals surface area contributed by atoms with Gasteiger partial charge in [-0.15, -0.1) is 0 Å². The second kappa shape index (κ2) is 7.90. The highest BCUT2D eigenvalue weighted by atomic mass is 35.5. The molecule has 3 nitrogen and oxygen atoms in total. The van der Waals surface area contributed by atoms with Crippen LogP contribution in [0.2, 0.25) is 10.0 Å². The van der Waals surface area contributed by atoms with Gasteiger partial charge in [-0.1, -0.05) is 35.3 Å². The van der Waals surface area contributed by atoms with Crippen LogP contribution in [0.15, 0.2) is 69.9 Å². The maximum Gasteiger partial charge on any atom is 0.235 e. The summed E-state index contributed by atoms with van der Waals surface area (Å²) in [6.07, 6.45) is 0. The molecule has 6 heteroatoms. The maximum atomic E-state index is 13.2. The van der Waals surface area contributed by atoms with Gasteiger partial charge in [0, 0.05) is 15.6 Å². The third kappa shape index (κ3) is 4.00. The minimum atomic E-state index is -0.342. The van der Waals surface area contributed by atoms with E-state index in [0.29, 0.717) is 32.3 Å². The first kappa shape index (κ1) is 19.5. The highest BCUT2D eigenvalue weighted by molar-refractivity contribution is 6.32. The number of aryl methyl sites for hydroxylation is 1. The molecule has 29 heavy (non-hydrogen) atoms. The molecule has 0 fully saturated rings. The van der Waals surface area contributed by atoms with Gasteiger partial charge in [0.15, 0.2) is 5.76 Å². The van der Waals surface area contributed by atoms with Crippen LogP contribution in [-0.2, 0) is 6.61 Å². The molecule has 0 spiro atoms. The average Bonchev–Trinajstić information content (AvgIpc) is 2.71. The third-order valence-electron chi connectivity index (χ3n) is 4.53. The van der Waals surface area contributed by atoms with E-state index in [2.05, 4.69) is 0 Å². The van der Waals surface area contributed by atoms with Crippen molar-refractivity contribution in [2.45, 2.75) is 13.5 Å². The van der Waals surface area contributed by atoms with Crippen molar-refractivity contribution in [1.29, 1.82) is 0 Å². The van der Waals surface area contributed by atoms with Gasteiger partial charge in [0.2, 0.25) is 11.2 Å². The fourth-order valence-electron chi connectivity index (χ4n) is 2.96. The Morgan fingerprint density at radius 2 is 1.69 bits per heavy atom. The quantitative estimate of drug-likeness (QED) is 0.359. The van der Waals surface area contributed by atoms with Crippen LogP contribution >= 0.6 is 23.2 Å². The monoisotopic (exact) mass is 428 g/mol. The molecule has 0 radical (unpaired) electrons. The summed E-state index contributed by atoms with van der Waals surface area (Å²) >= 11 is 12.2. The lowest BCUT2D eigenvalue weighted by atomic mass is 10.1. The first-order valence-corrected chi connectivity index (χ1v) is 9.58. The molecule has 0 N–H and O–H groups in total. The number of hydrogen-bond acceptors (Lipinski definition) is 3. The molecule has 0 aliphatic rings. The fourth-order valence-corrected chi connectivity index (χ4v) is 3.25. The van der Waals surface area contributed by atoms with Crippen LogP contribution in [0.5, 0.6) is 5.75 Å². The Labute approximate surface area is 176 Å². The molecule has 1 aromatic heterocycles. The number of halogens is 3. The molecule has 4 aromatic rings. The SMILES string of the molecule is Cc1cc2oc(-c3ccc(Cl)cc3)c(OCc3ccc(F)cc3)c(=O)c2cc1Cl. The Kier molecular flexibility index (Phi) is 5.31. The lowest BCUT2D eigenvalue weighted by Crippen LogP contribution is -2.10. The first-order valence-electron chi connectivity index (χ1n) is 8.82. The average molecular weight is 429 g/mol. The predicted molar refractivity (Wildman–Crippen MR) is 113 cm³/mol. The van der Waals surface area contributed by atoms with E-state index in [9.17, 15) is 9.18 Å². The van der Waals surface area contributed by atoms with E-state index in [1.165, 1.54) is 12.1 Å². The molecule has 3 aromatic carbocycles. The topological polar surface area (TPSA) is 39.4 Å². The highest BCUT2D eigenvalue weighted by Gasteiger charge is 2.19. The Morgan fingerprint density at radius 3 is 2.38 bits per heavy atom. The van der Waals surface area contributed by atoms with Gasteiger partial charge in [-0.05, 0) is 66.6 Å². The van der Waals surface area contributed by atoms with E-state index in [-0.39, 0.29) is 23.6 Å². The summed E-state index contributed by atoms with van der Waals surface area (Å²) in [5, 5.41) is 1.36. The maximum absolute atomic E-state index is 13.2. The van der Waals surface area contributed by atoms with Crippen LogP contribution < -0.4 is 10.2 Å². The smallest absolute Gasteiger partial charge is 0.235 e. The van der Waals surface area contributed by atoms with E-state index in [4.69, 9.17) is 32.4 Å². The van der Waals surface area contributed by atoms with Gasteiger partial charge >= 0.3 is 0 Å². The summed E-state index contributed by atoms with van der Waals surface area (Å²) in [4.78, 5) is 13.2. The standard InChI is InChI=1S/C23H15Cl2FO3/c1-13-10-20-18(11-19(13)25)21(27)23(28-12-14-2-8-17(26)9-3-14)22(29-20)15-4-6-16(24)7-5-15/h2-11H,12H2,1H3. The molecular weight excluding hydrogens is 414 g/mol. The summed E-state index contributed by atoms with van der Waals surface area (Å²) in [5.41, 5.74) is 2.24. The van der Waals surface area contributed by atoms with E-state index >= 15 is 0 Å². The largest absolute Gasteiger partial charge is 0.481 e. The van der Waals surface area contributed by atoms with Gasteiger partial charge in [-0.2, -0.15) is 0 Å². The van der Waals surface area contributed by atoms with Gasteiger partial charge in [0.05, 0.1) is 5.39 Å². The zero-order valence-corrected chi connectivity index (χ0v) is 16.9. The molecule has 0 bridgehead atoms. The molecular formula is C23H15Cl2FO3. The summed E-state index contributed by atoms with van der Waals surface area (Å²) in [7, 11) is 0. The number of rotatable bonds is 4. The van der Waals surface area contributed by atoms with Crippen LogP contribution in [-0.4, -0.2) is 0 Å². The van der Waals surface area contributed by atoms with Crippen LogP contribution in [0.4, 0.5) is 4.39 Å². The third-order valence-corrected chi connectivity index (χ3v) is 5.19. The number of ether oxygens (including phenoxy) is 1. The van der Waals surface area contributed by atoms with Crippen molar-refractivity contribution >= 4 is 34.2 Å². The van der Waals surface area contributed by atoms with Gasteiger partial charge in [0.25, 0.3) is 0 Å². The van der Waals surface area contributed by atoms with Crippen molar-refractivity contribution in [2.75, 3.05) is 0 Å². The summed E-state index contributed by atoms with van der Waals surface area (Å²) in [6.45, 7) is 1.92. The number of fused-ring (bicyclic) bond motifs is 1. The normalized spacial score (nSPS) is 11.0. The Bertz CT molecular complexity index is 1250. The predicted octanol–water partition coefficient (Wildman–Crippen LogP) is 6.79. The Balaban J connectivity index is 1.86. The Hall–Kier alpha value is -2.82. The molecule has 0 aliphatic heterocycles. The van der Waals surface area contributed by atoms with E-state index in [1.54, 1.807) is 48.5 Å². The highest BCUT2D eigenvalue weighted by Crippen LogP contribution is 2.33. The zero-order chi connectivity index (χ0) is 20.5. The molecule has 0 atom stereocenters. The fraction of sp³-hybridized carbons (Fsp3) is 0.0870. The van der Waals surface area contributed by atoms with Crippen LogP contribution in [0.3, 0.4) is 0 Å². The molecule has 0 saturated carbocycles. The van der Waals surface area contributed by atoms with Gasteiger partial charge in [0.1, 0.15) is 18.0 Å². The van der Waals surface area contributed by atoms with E-state index < -0.39 is 0 Å². The molecule has 146 valence electrons. The minimum Gasteiger partial charge on any atom is -0.481 e. The molecule has 0 unspecified atom stereocenters. The summed E-state index contributed by atoms with van der Waals surface area (Å²) < 4.78 is 25.1. The number of benzene rings is 3. The summed E-state index contributed by atoms with van der Waals surface area (Å²) in [5.74, 6) is 0.0119. The van der Waals surface area contributed by atoms with Gasteiger partial charge in [-0.25, -0.2) is 4.39 Å².